The molecule has 5 unspecified atom stereocenters. The second-order valence-electron chi connectivity index (χ2n) is 7.11. The van der Waals surface area contributed by atoms with E-state index < -0.39 is 0 Å². The Labute approximate surface area is 118 Å². The monoisotopic (exact) mass is 262 g/mol. The number of hydrogen-bond donors (Lipinski definition) is 1. The van der Waals surface area contributed by atoms with Crippen molar-refractivity contribution in [3.8, 4) is 0 Å². The highest BCUT2D eigenvalue weighted by Crippen LogP contribution is 2.57. The molecular formula is C18H30O. The summed E-state index contributed by atoms with van der Waals surface area (Å²) in [4.78, 5) is 0. The Morgan fingerprint density at radius 2 is 2.21 bits per heavy atom. The molecule has 0 saturated heterocycles. The molecule has 0 radical (unpaired) electrons. The molecule has 0 aromatic heterocycles. The van der Waals surface area contributed by atoms with Crippen molar-refractivity contribution < 1.29 is 5.11 Å². The lowest BCUT2D eigenvalue weighted by Crippen LogP contribution is -2.45. The van der Waals surface area contributed by atoms with Gasteiger partial charge in [-0.25, -0.2) is 0 Å². The van der Waals surface area contributed by atoms with E-state index in [4.69, 9.17) is 0 Å². The predicted octanol–water partition coefficient (Wildman–Crippen LogP) is 4.72. The molecule has 0 amide bonds. The molecule has 2 saturated carbocycles. The zero-order valence-electron chi connectivity index (χ0n) is 12.7. The topological polar surface area (TPSA) is 20.2 Å². The fraction of sp³-hybridized carbons (Fsp3) is 0.778. The van der Waals surface area contributed by atoms with Gasteiger partial charge in [0.25, 0.3) is 0 Å². The first kappa shape index (κ1) is 14.8. The van der Waals surface area contributed by atoms with Gasteiger partial charge in [-0.15, -0.1) is 6.58 Å². The molecule has 2 fully saturated rings. The molecule has 0 bridgehead atoms. The summed E-state index contributed by atoms with van der Waals surface area (Å²) in [6.07, 6.45) is 9.85. The van der Waals surface area contributed by atoms with Gasteiger partial charge in [0.1, 0.15) is 0 Å². The highest BCUT2D eigenvalue weighted by molar-refractivity contribution is 5.14. The number of allylic oxidation sites excluding steroid dienone is 1. The Bertz CT molecular complexity index is 346. The third kappa shape index (κ3) is 2.81. The molecule has 2 aliphatic rings. The number of aliphatic hydroxyl groups excluding tert-OH is 1. The van der Waals surface area contributed by atoms with Crippen molar-refractivity contribution in [2.45, 2.75) is 64.9 Å². The third-order valence-electron chi connectivity index (χ3n) is 6.00. The van der Waals surface area contributed by atoms with Crippen molar-refractivity contribution in [3.63, 3.8) is 0 Å². The molecular weight excluding hydrogens is 232 g/mol. The average molecular weight is 262 g/mol. The van der Waals surface area contributed by atoms with Crippen LogP contribution in [-0.4, -0.2) is 11.2 Å². The smallest absolute Gasteiger partial charge is 0.0718 e. The summed E-state index contributed by atoms with van der Waals surface area (Å²) in [6.45, 7) is 13.0. The van der Waals surface area contributed by atoms with Gasteiger partial charge in [-0.1, -0.05) is 44.9 Å². The molecule has 0 aliphatic heterocycles. The van der Waals surface area contributed by atoms with E-state index in [1.165, 1.54) is 37.7 Å². The van der Waals surface area contributed by atoms with Gasteiger partial charge in [-0.05, 0) is 55.3 Å². The van der Waals surface area contributed by atoms with Gasteiger partial charge in [0.05, 0.1) is 6.10 Å². The fourth-order valence-electron chi connectivity index (χ4n) is 4.86. The number of hydrogen-bond acceptors (Lipinski definition) is 1. The van der Waals surface area contributed by atoms with Crippen LogP contribution in [0.25, 0.3) is 0 Å². The molecule has 5 atom stereocenters. The average Bonchev–Trinajstić information content (AvgIpc) is 2.37. The molecule has 2 rings (SSSR count). The summed E-state index contributed by atoms with van der Waals surface area (Å²) in [5, 5.41) is 9.76. The zero-order valence-corrected chi connectivity index (χ0v) is 12.7. The zero-order chi connectivity index (χ0) is 14.0. The van der Waals surface area contributed by atoms with Crippen LogP contribution in [0.3, 0.4) is 0 Å². The van der Waals surface area contributed by atoms with Gasteiger partial charge < -0.3 is 5.11 Å². The van der Waals surface area contributed by atoms with Gasteiger partial charge in [0, 0.05) is 0 Å². The maximum absolute atomic E-state index is 9.76. The summed E-state index contributed by atoms with van der Waals surface area (Å²) < 4.78 is 0. The summed E-state index contributed by atoms with van der Waals surface area (Å²) in [5.74, 6) is 2.32. The molecule has 0 heterocycles. The predicted molar refractivity (Wildman–Crippen MR) is 81.9 cm³/mol. The maximum atomic E-state index is 9.76. The van der Waals surface area contributed by atoms with E-state index in [0.717, 1.165) is 24.7 Å². The van der Waals surface area contributed by atoms with Crippen LogP contribution in [-0.2, 0) is 0 Å². The fourth-order valence-corrected chi connectivity index (χ4v) is 4.86. The van der Waals surface area contributed by atoms with Crippen LogP contribution in [0.2, 0.25) is 0 Å². The first-order valence-electron chi connectivity index (χ1n) is 7.97. The molecule has 1 heteroatoms. The van der Waals surface area contributed by atoms with Gasteiger partial charge in [-0.2, -0.15) is 0 Å². The second kappa shape index (κ2) is 5.83. The molecule has 19 heavy (non-hydrogen) atoms. The number of fused-ring (bicyclic) bond motifs is 1. The van der Waals surface area contributed by atoms with Crippen molar-refractivity contribution in [1.82, 2.24) is 0 Å². The van der Waals surface area contributed by atoms with Crippen LogP contribution >= 0.6 is 0 Å². The highest BCUT2D eigenvalue weighted by Gasteiger charge is 2.48. The Morgan fingerprint density at radius 3 is 2.89 bits per heavy atom. The number of rotatable bonds is 4. The Kier molecular flexibility index (Phi) is 4.55. The number of aliphatic hydroxyl groups is 1. The first-order chi connectivity index (χ1) is 8.99. The standard InChI is InChI=1S/C18H30O/c1-5-15(19)9-11-17-14(3)8-10-16-13(2)7-6-12-18(16,17)4/h5,13,15-17,19H,1,3,6-12H2,2,4H3. The van der Waals surface area contributed by atoms with Crippen LogP contribution in [0.4, 0.5) is 0 Å². The van der Waals surface area contributed by atoms with E-state index in [1.54, 1.807) is 6.08 Å². The van der Waals surface area contributed by atoms with Crippen LogP contribution < -0.4 is 0 Å². The molecule has 1 N–H and O–H groups in total. The first-order valence-corrected chi connectivity index (χ1v) is 7.97. The quantitative estimate of drug-likeness (QED) is 0.727. The van der Waals surface area contributed by atoms with E-state index in [9.17, 15) is 5.11 Å². The summed E-state index contributed by atoms with van der Waals surface area (Å²) in [7, 11) is 0. The van der Waals surface area contributed by atoms with Crippen molar-refractivity contribution >= 4 is 0 Å². The van der Waals surface area contributed by atoms with E-state index in [-0.39, 0.29) is 6.10 Å². The normalized spacial score (nSPS) is 40.6. The minimum absolute atomic E-state index is 0.349. The summed E-state index contributed by atoms with van der Waals surface area (Å²) >= 11 is 0. The van der Waals surface area contributed by atoms with Gasteiger partial charge >= 0.3 is 0 Å². The Morgan fingerprint density at radius 1 is 1.47 bits per heavy atom. The molecule has 0 aromatic carbocycles. The largest absolute Gasteiger partial charge is 0.389 e. The minimum atomic E-state index is -0.349. The third-order valence-corrected chi connectivity index (χ3v) is 6.00. The molecule has 0 spiro atoms. The summed E-state index contributed by atoms with van der Waals surface area (Å²) in [5.41, 5.74) is 1.86. The van der Waals surface area contributed by atoms with Crippen molar-refractivity contribution in [3.05, 3.63) is 24.8 Å². The molecule has 0 aromatic rings. The van der Waals surface area contributed by atoms with Crippen LogP contribution in [0.1, 0.15) is 58.8 Å². The van der Waals surface area contributed by atoms with Crippen molar-refractivity contribution in [2.75, 3.05) is 0 Å². The lowest BCUT2D eigenvalue weighted by molar-refractivity contribution is -0.00988. The maximum Gasteiger partial charge on any atom is 0.0718 e. The lowest BCUT2D eigenvalue weighted by atomic mass is 9.51. The van der Waals surface area contributed by atoms with Crippen molar-refractivity contribution in [2.24, 2.45) is 23.2 Å². The SMILES string of the molecule is C=CC(O)CCC1C(=C)CCC2C(C)CCCC12C. The summed E-state index contributed by atoms with van der Waals surface area (Å²) in [6, 6.07) is 0. The van der Waals surface area contributed by atoms with E-state index in [0.29, 0.717) is 11.3 Å². The minimum Gasteiger partial charge on any atom is -0.389 e. The van der Waals surface area contributed by atoms with Crippen LogP contribution in [0.5, 0.6) is 0 Å². The molecule has 1 nitrogen and oxygen atoms in total. The molecule has 108 valence electrons. The Balaban J connectivity index is 2.13. The lowest BCUT2D eigenvalue weighted by Gasteiger charge is -2.54. The second-order valence-corrected chi connectivity index (χ2v) is 7.11. The van der Waals surface area contributed by atoms with Gasteiger partial charge in [0.2, 0.25) is 0 Å². The van der Waals surface area contributed by atoms with E-state index in [2.05, 4.69) is 27.0 Å². The van der Waals surface area contributed by atoms with Crippen molar-refractivity contribution in [1.29, 1.82) is 0 Å². The Hall–Kier alpha value is -0.560. The highest BCUT2D eigenvalue weighted by atomic mass is 16.3. The van der Waals surface area contributed by atoms with E-state index in [1.807, 2.05) is 0 Å². The van der Waals surface area contributed by atoms with Gasteiger partial charge in [-0.3, -0.25) is 0 Å². The van der Waals surface area contributed by atoms with Crippen LogP contribution in [0, 0.1) is 23.2 Å². The van der Waals surface area contributed by atoms with E-state index >= 15 is 0 Å². The van der Waals surface area contributed by atoms with Gasteiger partial charge in [0.15, 0.2) is 0 Å². The molecule has 2 aliphatic carbocycles. The van der Waals surface area contributed by atoms with Crippen LogP contribution in [0.15, 0.2) is 24.8 Å².